The molecule has 0 aliphatic carbocycles. The number of hydrogen-bond acceptors (Lipinski definition) is 4. The molecule has 2 unspecified atom stereocenters. The first-order chi connectivity index (χ1) is 10.2. The average molecular weight is 317 g/mol. The third-order valence-corrected chi connectivity index (χ3v) is 3.25. The summed E-state index contributed by atoms with van der Waals surface area (Å²) in [4.78, 5) is 16.1. The number of hydroxylamine groups is 3. The van der Waals surface area contributed by atoms with Gasteiger partial charge in [0.1, 0.15) is 6.10 Å². The van der Waals surface area contributed by atoms with Crippen molar-refractivity contribution in [3.63, 3.8) is 0 Å². The summed E-state index contributed by atoms with van der Waals surface area (Å²) in [6.45, 7) is 1.50. The van der Waals surface area contributed by atoms with E-state index in [2.05, 4.69) is 5.48 Å². The maximum atomic E-state index is 12.5. The Morgan fingerprint density at radius 3 is 2.50 bits per heavy atom. The third kappa shape index (κ3) is 3.31. The summed E-state index contributed by atoms with van der Waals surface area (Å²) in [5, 5.41) is 9.75. The van der Waals surface area contributed by atoms with Gasteiger partial charge in [-0.1, -0.05) is 12.1 Å². The Kier molecular flexibility index (Phi) is 4.29. The van der Waals surface area contributed by atoms with Crippen LogP contribution in [0.2, 0.25) is 0 Å². The second-order valence-corrected chi connectivity index (χ2v) is 4.76. The molecule has 1 heterocycles. The molecule has 2 amide bonds. The molecule has 0 bridgehead atoms. The first-order valence-corrected chi connectivity index (χ1v) is 6.29. The molecule has 6 nitrogen and oxygen atoms in total. The molecule has 22 heavy (non-hydrogen) atoms. The van der Waals surface area contributed by atoms with Gasteiger partial charge >= 0.3 is 12.2 Å². The Labute approximate surface area is 123 Å². The quantitative estimate of drug-likeness (QED) is 0.588. The lowest BCUT2D eigenvalue weighted by molar-refractivity contribution is -0.137. The number of primary amides is 1. The number of carbonyl (C=O) groups excluding carboxylic acids is 1. The highest BCUT2D eigenvalue weighted by molar-refractivity contribution is 5.71. The van der Waals surface area contributed by atoms with Crippen LogP contribution >= 0.6 is 0 Å². The summed E-state index contributed by atoms with van der Waals surface area (Å²) in [5.41, 5.74) is 7.65. The van der Waals surface area contributed by atoms with Crippen LogP contribution in [0.25, 0.3) is 5.70 Å². The summed E-state index contributed by atoms with van der Waals surface area (Å²) in [5.74, 6) is 0. The molecule has 9 heteroatoms. The lowest BCUT2D eigenvalue weighted by Gasteiger charge is -2.23. The summed E-state index contributed by atoms with van der Waals surface area (Å²) in [6, 6.07) is 2.70. The van der Waals surface area contributed by atoms with Crippen molar-refractivity contribution in [1.29, 1.82) is 0 Å². The van der Waals surface area contributed by atoms with Gasteiger partial charge in [-0.15, -0.1) is 0 Å². The SMILES string of the molecule is CC(C1C=C(c2ccc(C(F)(F)F)cc2)NO1)N(O)C(N)=O. The van der Waals surface area contributed by atoms with Crippen LogP contribution in [-0.2, 0) is 11.0 Å². The van der Waals surface area contributed by atoms with E-state index in [4.69, 9.17) is 10.6 Å². The number of nitrogens with two attached hydrogens (primary N) is 1. The molecule has 0 fully saturated rings. The second-order valence-electron chi connectivity index (χ2n) is 4.76. The van der Waals surface area contributed by atoms with Crippen molar-refractivity contribution in [3.05, 3.63) is 41.5 Å². The van der Waals surface area contributed by atoms with Crippen molar-refractivity contribution in [1.82, 2.24) is 10.5 Å². The van der Waals surface area contributed by atoms with Crippen molar-refractivity contribution < 1.29 is 28.0 Å². The largest absolute Gasteiger partial charge is 0.416 e. The number of carbonyl (C=O) groups is 1. The highest BCUT2D eigenvalue weighted by atomic mass is 19.4. The lowest BCUT2D eigenvalue weighted by Crippen LogP contribution is -2.45. The van der Waals surface area contributed by atoms with Gasteiger partial charge < -0.3 is 5.73 Å². The molecule has 4 N–H and O–H groups in total. The number of benzene rings is 1. The fraction of sp³-hybridized carbons (Fsp3) is 0.308. The maximum Gasteiger partial charge on any atom is 0.416 e. The number of amides is 2. The van der Waals surface area contributed by atoms with E-state index in [-0.39, 0.29) is 0 Å². The maximum absolute atomic E-state index is 12.5. The number of halogens is 3. The highest BCUT2D eigenvalue weighted by Gasteiger charge is 2.31. The lowest BCUT2D eigenvalue weighted by atomic mass is 10.1. The number of alkyl halides is 3. The van der Waals surface area contributed by atoms with Crippen molar-refractivity contribution in [2.24, 2.45) is 5.73 Å². The molecule has 0 aromatic heterocycles. The van der Waals surface area contributed by atoms with Gasteiger partial charge in [0.2, 0.25) is 0 Å². The first kappa shape index (κ1) is 16.1. The van der Waals surface area contributed by atoms with E-state index in [0.29, 0.717) is 16.3 Å². The molecule has 120 valence electrons. The fourth-order valence-corrected chi connectivity index (χ4v) is 1.94. The van der Waals surface area contributed by atoms with Gasteiger partial charge in [0.15, 0.2) is 0 Å². The van der Waals surface area contributed by atoms with Crippen molar-refractivity contribution in [2.75, 3.05) is 0 Å². The zero-order valence-electron chi connectivity index (χ0n) is 11.5. The molecule has 1 aromatic rings. The summed E-state index contributed by atoms with van der Waals surface area (Å²) < 4.78 is 37.5. The van der Waals surface area contributed by atoms with Crippen molar-refractivity contribution >= 4 is 11.7 Å². The fourth-order valence-electron chi connectivity index (χ4n) is 1.94. The summed E-state index contributed by atoms with van der Waals surface area (Å²) >= 11 is 0. The van der Waals surface area contributed by atoms with Crippen LogP contribution in [0, 0.1) is 0 Å². The van der Waals surface area contributed by atoms with Gasteiger partial charge in [0.05, 0.1) is 17.3 Å². The predicted octanol–water partition coefficient (Wildman–Crippen LogP) is 2.11. The Hall–Kier alpha value is -2.26. The normalized spacial score (nSPS) is 19.3. The number of nitrogens with one attached hydrogen (secondary N) is 1. The third-order valence-electron chi connectivity index (χ3n) is 3.25. The van der Waals surface area contributed by atoms with Crippen LogP contribution in [0.5, 0.6) is 0 Å². The molecule has 0 radical (unpaired) electrons. The number of urea groups is 1. The van der Waals surface area contributed by atoms with E-state index < -0.39 is 29.9 Å². The van der Waals surface area contributed by atoms with Gasteiger partial charge in [0, 0.05) is 0 Å². The van der Waals surface area contributed by atoms with E-state index in [9.17, 15) is 23.2 Å². The molecular weight excluding hydrogens is 303 g/mol. The number of hydrogen-bond donors (Lipinski definition) is 3. The topological polar surface area (TPSA) is 87.8 Å². The molecule has 2 atom stereocenters. The van der Waals surface area contributed by atoms with E-state index in [1.54, 1.807) is 6.08 Å². The minimum atomic E-state index is -4.40. The van der Waals surface area contributed by atoms with Crippen LogP contribution in [-0.4, -0.2) is 28.4 Å². The Morgan fingerprint density at radius 2 is 2.00 bits per heavy atom. The van der Waals surface area contributed by atoms with Crippen molar-refractivity contribution in [2.45, 2.75) is 25.2 Å². The zero-order chi connectivity index (χ0) is 16.5. The monoisotopic (exact) mass is 317 g/mol. The Balaban J connectivity index is 2.14. The molecular formula is C13H14F3N3O3. The zero-order valence-corrected chi connectivity index (χ0v) is 11.5. The molecule has 0 spiro atoms. The van der Waals surface area contributed by atoms with E-state index in [1.165, 1.54) is 19.1 Å². The average Bonchev–Trinajstić information content (AvgIpc) is 2.94. The van der Waals surface area contributed by atoms with Crippen LogP contribution < -0.4 is 11.2 Å². The van der Waals surface area contributed by atoms with Gasteiger partial charge in [-0.25, -0.2) is 9.86 Å². The van der Waals surface area contributed by atoms with Crippen LogP contribution in [0.1, 0.15) is 18.1 Å². The minimum absolute atomic E-state index is 0.318. The van der Waals surface area contributed by atoms with E-state index >= 15 is 0 Å². The second kappa shape index (κ2) is 5.85. The van der Waals surface area contributed by atoms with Crippen LogP contribution in [0.3, 0.4) is 0 Å². The van der Waals surface area contributed by atoms with E-state index in [0.717, 1.165) is 12.1 Å². The molecule has 0 saturated carbocycles. The highest BCUT2D eigenvalue weighted by Crippen LogP contribution is 2.30. The van der Waals surface area contributed by atoms with Gasteiger partial charge in [0.25, 0.3) is 0 Å². The van der Waals surface area contributed by atoms with Crippen LogP contribution in [0.15, 0.2) is 30.3 Å². The molecule has 2 rings (SSSR count). The molecule has 0 saturated heterocycles. The van der Waals surface area contributed by atoms with Gasteiger partial charge in [-0.3, -0.25) is 15.5 Å². The Bertz CT molecular complexity index is 586. The molecule has 1 aliphatic rings. The molecule has 1 aromatic carbocycles. The Morgan fingerprint density at radius 1 is 1.41 bits per heavy atom. The summed E-state index contributed by atoms with van der Waals surface area (Å²) in [7, 11) is 0. The smallest absolute Gasteiger partial charge is 0.350 e. The molecule has 1 aliphatic heterocycles. The van der Waals surface area contributed by atoms with Crippen molar-refractivity contribution in [3.8, 4) is 0 Å². The summed E-state index contributed by atoms with van der Waals surface area (Å²) in [6.07, 6.45) is -3.56. The van der Waals surface area contributed by atoms with Gasteiger partial charge in [-0.05, 0) is 30.7 Å². The predicted molar refractivity (Wildman–Crippen MR) is 70.1 cm³/mol. The van der Waals surface area contributed by atoms with Crippen LogP contribution in [0.4, 0.5) is 18.0 Å². The minimum Gasteiger partial charge on any atom is -0.350 e. The standard InChI is InChI=1S/C13H14F3N3O3/c1-7(19(21)12(17)20)11-6-10(18-22-11)8-2-4-9(5-3-8)13(14,15)16/h2-7,11,18,21H,1H3,(H2,17,20). The van der Waals surface area contributed by atoms with Gasteiger partial charge in [-0.2, -0.15) is 13.2 Å². The first-order valence-electron chi connectivity index (χ1n) is 6.29. The number of nitrogens with zero attached hydrogens (tertiary/aromatic N) is 1. The number of rotatable bonds is 3. The van der Waals surface area contributed by atoms with E-state index in [1.807, 2.05) is 0 Å².